The first kappa shape index (κ1) is 14.6. The van der Waals surface area contributed by atoms with Gasteiger partial charge in [-0.1, -0.05) is 11.6 Å². The van der Waals surface area contributed by atoms with Gasteiger partial charge in [0, 0.05) is 18.2 Å². The van der Waals surface area contributed by atoms with Gasteiger partial charge in [-0.2, -0.15) is 0 Å². The molecule has 2 unspecified atom stereocenters. The van der Waals surface area contributed by atoms with Gasteiger partial charge in [0.2, 0.25) is 0 Å². The van der Waals surface area contributed by atoms with Crippen molar-refractivity contribution < 1.29 is 9.60 Å². The number of piperidine rings is 1. The molecule has 114 valence electrons. The van der Waals surface area contributed by atoms with Crippen LogP contribution in [0.4, 0.5) is 10.1 Å². The van der Waals surface area contributed by atoms with Crippen LogP contribution in [0.3, 0.4) is 0 Å². The Morgan fingerprint density at radius 2 is 2.10 bits per heavy atom. The highest BCUT2D eigenvalue weighted by Crippen LogP contribution is 2.41. The summed E-state index contributed by atoms with van der Waals surface area (Å²) in [5.74, 6) is 0.275. The number of anilines is 1. The van der Waals surface area contributed by atoms with Crippen molar-refractivity contribution in [3.63, 3.8) is 0 Å². The standard InChI is InChI=1S/C15H19BrFN3O/c16-13-10(15(18)19-21)6-7-12(14(13)17)20-8-2-4-9-3-1-5-11(9)20/h6-7,9,11,21H,1-5,8H2,(H2,18,19). The zero-order valence-corrected chi connectivity index (χ0v) is 13.3. The van der Waals surface area contributed by atoms with Gasteiger partial charge in [-0.25, -0.2) is 4.39 Å². The number of hydrogen-bond acceptors (Lipinski definition) is 3. The van der Waals surface area contributed by atoms with Crippen molar-refractivity contribution in [3.8, 4) is 0 Å². The van der Waals surface area contributed by atoms with E-state index in [0.717, 1.165) is 19.4 Å². The van der Waals surface area contributed by atoms with Crippen LogP contribution in [0.1, 0.15) is 37.7 Å². The summed E-state index contributed by atoms with van der Waals surface area (Å²) in [6, 6.07) is 3.90. The van der Waals surface area contributed by atoms with E-state index in [-0.39, 0.29) is 16.1 Å². The Kier molecular flexibility index (Phi) is 4.06. The van der Waals surface area contributed by atoms with Crippen molar-refractivity contribution in [2.24, 2.45) is 16.8 Å². The number of benzene rings is 1. The Hall–Kier alpha value is -1.30. The molecule has 6 heteroatoms. The fourth-order valence-electron chi connectivity index (χ4n) is 3.77. The van der Waals surface area contributed by atoms with E-state index in [1.54, 1.807) is 12.1 Å². The maximum atomic E-state index is 14.7. The molecule has 1 saturated heterocycles. The average Bonchev–Trinajstić information content (AvgIpc) is 2.98. The van der Waals surface area contributed by atoms with E-state index < -0.39 is 0 Å². The molecule has 1 heterocycles. The van der Waals surface area contributed by atoms with Crippen LogP contribution >= 0.6 is 15.9 Å². The first-order valence-electron chi connectivity index (χ1n) is 7.36. The third-order valence-corrected chi connectivity index (χ3v) is 5.52. The summed E-state index contributed by atoms with van der Waals surface area (Å²) in [6.07, 6.45) is 6.00. The predicted octanol–water partition coefficient (Wildman–Crippen LogP) is 3.45. The molecule has 0 aromatic heterocycles. The second kappa shape index (κ2) is 5.83. The van der Waals surface area contributed by atoms with Gasteiger partial charge in [0.1, 0.15) is 0 Å². The smallest absolute Gasteiger partial charge is 0.171 e. The number of hydrogen-bond donors (Lipinski definition) is 2. The minimum atomic E-state index is -0.327. The maximum Gasteiger partial charge on any atom is 0.171 e. The lowest BCUT2D eigenvalue weighted by atomic mass is 9.91. The lowest BCUT2D eigenvalue weighted by Crippen LogP contribution is -2.43. The summed E-state index contributed by atoms with van der Waals surface area (Å²) < 4.78 is 15.0. The Balaban J connectivity index is 1.97. The van der Waals surface area contributed by atoms with E-state index in [4.69, 9.17) is 10.9 Å². The second-order valence-electron chi connectivity index (χ2n) is 5.84. The third-order valence-electron chi connectivity index (χ3n) is 4.75. The van der Waals surface area contributed by atoms with Gasteiger partial charge < -0.3 is 15.8 Å². The molecule has 1 aromatic carbocycles. The van der Waals surface area contributed by atoms with Crippen LogP contribution in [0.2, 0.25) is 0 Å². The number of amidine groups is 1. The molecule has 1 aromatic rings. The quantitative estimate of drug-likeness (QED) is 0.369. The lowest BCUT2D eigenvalue weighted by molar-refractivity contribution is 0.318. The summed E-state index contributed by atoms with van der Waals surface area (Å²) in [7, 11) is 0. The van der Waals surface area contributed by atoms with Crippen molar-refractivity contribution in [2.45, 2.75) is 38.1 Å². The number of nitrogens with two attached hydrogens (primary N) is 1. The Morgan fingerprint density at radius 1 is 1.33 bits per heavy atom. The van der Waals surface area contributed by atoms with Crippen LogP contribution in [0, 0.1) is 11.7 Å². The first-order valence-corrected chi connectivity index (χ1v) is 8.15. The Labute approximate surface area is 131 Å². The molecule has 4 nitrogen and oxygen atoms in total. The number of oxime groups is 1. The summed E-state index contributed by atoms with van der Waals surface area (Å²) in [4.78, 5) is 2.21. The molecule has 1 aliphatic heterocycles. The van der Waals surface area contributed by atoms with Gasteiger partial charge in [0.15, 0.2) is 11.7 Å². The van der Waals surface area contributed by atoms with E-state index in [0.29, 0.717) is 23.2 Å². The molecule has 0 spiro atoms. The largest absolute Gasteiger partial charge is 0.409 e. The fraction of sp³-hybridized carbons (Fsp3) is 0.533. The van der Waals surface area contributed by atoms with Gasteiger partial charge in [0.05, 0.1) is 10.2 Å². The fourth-order valence-corrected chi connectivity index (χ4v) is 4.30. The number of nitrogens with zero attached hydrogens (tertiary/aromatic N) is 2. The third kappa shape index (κ3) is 2.50. The Bertz CT molecular complexity index is 578. The summed E-state index contributed by atoms with van der Waals surface area (Å²) in [6.45, 7) is 0.896. The van der Waals surface area contributed by atoms with Crippen molar-refractivity contribution >= 4 is 27.5 Å². The minimum absolute atomic E-state index is 0.0929. The molecule has 3 rings (SSSR count). The number of rotatable bonds is 2. The molecule has 0 amide bonds. The van der Waals surface area contributed by atoms with E-state index in [2.05, 4.69) is 26.0 Å². The van der Waals surface area contributed by atoms with Crippen LogP contribution in [0.25, 0.3) is 0 Å². The molecular formula is C15H19BrFN3O. The zero-order valence-electron chi connectivity index (χ0n) is 11.7. The van der Waals surface area contributed by atoms with Crippen molar-refractivity contribution in [3.05, 3.63) is 28.0 Å². The van der Waals surface area contributed by atoms with Gasteiger partial charge in [-0.15, -0.1) is 0 Å². The number of halogens is 2. The second-order valence-corrected chi connectivity index (χ2v) is 6.63. The molecule has 0 bridgehead atoms. The Morgan fingerprint density at radius 3 is 2.86 bits per heavy atom. The number of fused-ring (bicyclic) bond motifs is 1. The summed E-state index contributed by atoms with van der Waals surface area (Å²) in [5, 5.41) is 11.7. The van der Waals surface area contributed by atoms with E-state index in [1.807, 2.05) is 0 Å². The highest BCUT2D eigenvalue weighted by atomic mass is 79.9. The van der Waals surface area contributed by atoms with Crippen LogP contribution in [0.5, 0.6) is 0 Å². The molecule has 1 saturated carbocycles. The monoisotopic (exact) mass is 355 g/mol. The van der Waals surface area contributed by atoms with Gasteiger partial charge in [0.25, 0.3) is 0 Å². The van der Waals surface area contributed by atoms with E-state index >= 15 is 0 Å². The van der Waals surface area contributed by atoms with E-state index in [1.165, 1.54) is 19.3 Å². The molecule has 2 atom stereocenters. The molecule has 3 N–H and O–H groups in total. The minimum Gasteiger partial charge on any atom is -0.409 e. The molecule has 0 radical (unpaired) electrons. The van der Waals surface area contributed by atoms with Crippen molar-refractivity contribution in [1.82, 2.24) is 0 Å². The molecule has 2 aliphatic rings. The summed E-state index contributed by atoms with van der Waals surface area (Å²) >= 11 is 3.24. The molecule has 1 aliphatic carbocycles. The first-order chi connectivity index (χ1) is 10.1. The van der Waals surface area contributed by atoms with Crippen molar-refractivity contribution in [2.75, 3.05) is 11.4 Å². The lowest BCUT2D eigenvalue weighted by Gasteiger charge is -2.39. The van der Waals surface area contributed by atoms with Crippen LogP contribution < -0.4 is 10.6 Å². The summed E-state index contributed by atoms with van der Waals surface area (Å²) in [5.41, 5.74) is 6.56. The molecule has 2 fully saturated rings. The van der Waals surface area contributed by atoms with Crippen LogP contribution in [0.15, 0.2) is 21.8 Å². The predicted molar refractivity (Wildman–Crippen MR) is 84.3 cm³/mol. The SMILES string of the molecule is N/C(=N/O)c1ccc(N2CCCC3CCCC32)c(F)c1Br. The average molecular weight is 356 g/mol. The topological polar surface area (TPSA) is 61.9 Å². The van der Waals surface area contributed by atoms with Gasteiger partial charge in [-0.05, 0) is 59.7 Å². The normalized spacial score (nSPS) is 26.0. The van der Waals surface area contributed by atoms with E-state index in [9.17, 15) is 4.39 Å². The molecule has 21 heavy (non-hydrogen) atoms. The van der Waals surface area contributed by atoms with Gasteiger partial charge in [-0.3, -0.25) is 0 Å². The zero-order chi connectivity index (χ0) is 15.0. The van der Waals surface area contributed by atoms with Gasteiger partial charge >= 0.3 is 0 Å². The maximum absolute atomic E-state index is 14.7. The van der Waals surface area contributed by atoms with Crippen LogP contribution in [-0.4, -0.2) is 23.6 Å². The van der Waals surface area contributed by atoms with Crippen molar-refractivity contribution in [1.29, 1.82) is 0 Å². The van der Waals surface area contributed by atoms with Crippen LogP contribution in [-0.2, 0) is 0 Å². The highest BCUT2D eigenvalue weighted by Gasteiger charge is 2.36. The highest BCUT2D eigenvalue weighted by molar-refractivity contribution is 9.10. The molecular weight excluding hydrogens is 337 g/mol.